The molecule has 2 aliphatic heterocycles. The van der Waals surface area contributed by atoms with Gasteiger partial charge in [-0.2, -0.15) is 0 Å². The van der Waals surface area contributed by atoms with Crippen molar-refractivity contribution in [3.63, 3.8) is 0 Å². The van der Waals surface area contributed by atoms with Gasteiger partial charge in [-0.3, -0.25) is 9.59 Å². The smallest absolute Gasteiger partial charge is 0.230 e. The van der Waals surface area contributed by atoms with Gasteiger partial charge in [-0.15, -0.1) is 12.4 Å². The number of nitrogens with two attached hydrogens (primary N) is 1. The minimum Gasteiger partial charge on any atom is -0.381 e. The van der Waals surface area contributed by atoms with Crippen LogP contribution in [0.15, 0.2) is 0 Å². The molecule has 3 rings (SSSR count). The molecule has 0 atom stereocenters. The summed E-state index contributed by atoms with van der Waals surface area (Å²) in [6.45, 7) is 4.22. The lowest BCUT2D eigenvalue weighted by molar-refractivity contribution is -0.152. The third-order valence-electron chi connectivity index (χ3n) is 6.13. The Morgan fingerprint density at radius 2 is 1.52 bits per heavy atom. The molecule has 2 heterocycles. The zero-order valence-corrected chi connectivity index (χ0v) is 15.9. The average molecular weight is 374 g/mol. The van der Waals surface area contributed by atoms with Gasteiger partial charge in [-0.25, -0.2) is 0 Å². The van der Waals surface area contributed by atoms with Gasteiger partial charge in [0.2, 0.25) is 11.8 Å². The lowest BCUT2D eigenvalue weighted by Crippen LogP contribution is -2.57. The summed E-state index contributed by atoms with van der Waals surface area (Å²) in [6, 6.07) is 0. The first-order valence-electron chi connectivity index (χ1n) is 9.52. The molecule has 6 nitrogen and oxygen atoms in total. The van der Waals surface area contributed by atoms with Gasteiger partial charge in [0.05, 0.1) is 5.41 Å². The maximum absolute atomic E-state index is 13.0. The van der Waals surface area contributed by atoms with E-state index in [0.717, 1.165) is 12.8 Å². The zero-order chi connectivity index (χ0) is 17.0. The largest absolute Gasteiger partial charge is 0.381 e. The van der Waals surface area contributed by atoms with Crippen LogP contribution < -0.4 is 5.73 Å². The van der Waals surface area contributed by atoms with Crippen molar-refractivity contribution >= 4 is 24.2 Å². The van der Waals surface area contributed by atoms with Crippen LogP contribution >= 0.6 is 12.4 Å². The van der Waals surface area contributed by atoms with E-state index in [-0.39, 0.29) is 24.2 Å². The van der Waals surface area contributed by atoms with Crippen LogP contribution in [0, 0.1) is 11.3 Å². The van der Waals surface area contributed by atoms with Crippen LogP contribution in [0.25, 0.3) is 0 Å². The number of rotatable bonds is 3. The maximum Gasteiger partial charge on any atom is 0.230 e. The Labute approximate surface area is 156 Å². The third-order valence-corrected chi connectivity index (χ3v) is 6.13. The second kappa shape index (κ2) is 9.19. The fourth-order valence-electron chi connectivity index (χ4n) is 4.34. The molecule has 1 saturated carbocycles. The van der Waals surface area contributed by atoms with Crippen molar-refractivity contribution < 1.29 is 14.3 Å². The molecule has 0 aromatic carbocycles. The predicted octanol–water partition coefficient (Wildman–Crippen LogP) is 1.41. The normalized spacial score (nSPS) is 24.5. The topological polar surface area (TPSA) is 75.9 Å². The van der Waals surface area contributed by atoms with Gasteiger partial charge < -0.3 is 20.3 Å². The fourth-order valence-corrected chi connectivity index (χ4v) is 4.34. The minimum atomic E-state index is -0.451. The van der Waals surface area contributed by atoms with Crippen LogP contribution in [0.4, 0.5) is 0 Å². The van der Waals surface area contributed by atoms with Crippen LogP contribution in [0.1, 0.15) is 44.9 Å². The average Bonchev–Trinajstić information content (AvgIpc) is 2.68. The van der Waals surface area contributed by atoms with Gasteiger partial charge in [0.1, 0.15) is 0 Å². The van der Waals surface area contributed by atoms with Gasteiger partial charge >= 0.3 is 0 Å². The lowest BCUT2D eigenvalue weighted by Gasteiger charge is -2.43. The second-order valence-corrected chi connectivity index (χ2v) is 7.55. The molecule has 144 valence electrons. The zero-order valence-electron chi connectivity index (χ0n) is 15.1. The van der Waals surface area contributed by atoms with Crippen LogP contribution in [-0.4, -0.2) is 67.6 Å². The number of hydrogen-bond acceptors (Lipinski definition) is 4. The van der Waals surface area contributed by atoms with Gasteiger partial charge in [0, 0.05) is 51.9 Å². The van der Waals surface area contributed by atoms with Crippen LogP contribution in [0.3, 0.4) is 0 Å². The number of carbonyl (C=O) groups is 2. The Balaban J connectivity index is 0.00000225. The Hall–Kier alpha value is -0.850. The van der Waals surface area contributed by atoms with E-state index in [4.69, 9.17) is 10.5 Å². The number of amides is 2. The molecule has 25 heavy (non-hydrogen) atoms. The first-order valence-corrected chi connectivity index (χ1v) is 9.52. The summed E-state index contributed by atoms with van der Waals surface area (Å²) < 4.78 is 5.40. The van der Waals surface area contributed by atoms with Crippen molar-refractivity contribution in [2.24, 2.45) is 17.1 Å². The van der Waals surface area contributed by atoms with Crippen LogP contribution in [0.2, 0.25) is 0 Å². The van der Waals surface area contributed by atoms with E-state index >= 15 is 0 Å². The number of hydrogen-bond donors (Lipinski definition) is 1. The van der Waals surface area contributed by atoms with Crippen molar-refractivity contribution in [2.75, 3.05) is 45.9 Å². The molecule has 0 unspecified atom stereocenters. The number of halogens is 1. The summed E-state index contributed by atoms with van der Waals surface area (Å²) in [5.74, 6) is 0.686. The Bertz CT molecular complexity index is 454. The predicted molar refractivity (Wildman–Crippen MR) is 98.5 cm³/mol. The van der Waals surface area contributed by atoms with Crippen molar-refractivity contribution in [1.82, 2.24) is 9.80 Å². The van der Waals surface area contributed by atoms with E-state index in [1.807, 2.05) is 9.80 Å². The third kappa shape index (κ3) is 4.47. The van der Waals surface area contributed by atoms with Gasteiger partial charge in [0.25, 0.3) is 0 Å². The number of carbonyl (C=O) groups excluding carboxylic acids is 2. The molecule has 0 spiro atoms. The summed E-state index contributed by atoms with van der Waals surface area (Å²) in [5, 5.41) is 0. The highest BCUT2D eigenvalue weighted by Gasteiger charge is 2.42. The van der Waals surface area contributed by atoms with E-state index in [9.17, 15) is 9.59 Å². The van der Waals surface area contributed by atoms with Crippen molar-refractivity contribution in [3.8, 4) is 0 Å². The molecule has 0 aromatic rings. The molecule has 7 heteroatoms. The Morgan fingerprint density at radius 1 is 0.960 bits per heavy atom. The molecule has 0 radical (unpaired) electrons. The summed E-state index contributed by atoms with van der Waals surface area (Å²) in [5.41, 5.74) is 5.50. The van der Waals surface area contributed by atoms with E-state index in [0.29, 0.717) is 64.7 Å². The van der Waals surface area contributed by atoms with Crippen LogP contribution in [0.5, 0.6) is 0 Å². The number of piperazine rings is 1. The molecule has 1 aliphatic carbocycles. The highest BCUT2D eigenvalue weighted by atomic mass is 35.5. The van der Waals surface area contributed by atoms with Crippen molar-refractivity contribution in [2.45, 2.75) is 44.9 Å². The van der Waals surface area contributed by atoms with Crippen LogP contribution in [-0.2, 0) is 14.3 Å². The van der Waals surface area contributed by atoms with E-state index < -0.39 is 5.41 Å². The Kier molecular flexibility index (Phi) is 7.52. The first-order chi connectivity index (χ1) is 11.7. The molecular formula is C18H32ClN3O3. The Morgan fingerprint density at radius 3 is 2.08 bits per heavy atom. The summed E-state index contributed by atoms with van der Waals surface area (Å²) in [4.78, 5) is 29.5. The molecule has 2 saturated heterocycles. The number of ether oxygens (including phenoxy) is 1. The summed E-state index contributed by atoms with van der Waals surface area (Å²) >= 11 is 0. The van der Waals surface area contributed by atoms with Gasteiger partial charge in [-0.05, 0) is 25.7 Å². The SMILES string of the molecule is Cl.NCC1(C(=O)N2CCN(C(=O)C3CCCCC3)CC2)CCOCC1. The monoisotopic (exact) mass is 373 g/mol. The first kappa shape index (κ1) is 20.5. The van der Waals surface area contributed by atoms with Crippen molar-refractivity contribution in [3.05, 3.63) is 0 Å². The summed E-state index contributed by atoms with van der Waals surface area (Å²) in [6.07, 6.45) is 7.11. The van der Waals surface area contributed by atoms with E-state index in [1.165, 1.54) is 19.3 Å². The quantitative estimate of drug-likeness (QED) is 0.811. The van der Waals surface area contributed by atoms with E-state index in [2.05, 4.69) is 0 Å². The van der Waals surface area contributed by atoms with Gasteiger partial charge in [0.15, 0.2) is 0 Å². The minimum absolute atomic E-state index is 0. The molecule has 2 N–H and O–H groups in total. The highest BCUT2D eigenvalue weighted by molar-refractivity contribution is 5.85. The molecule has 3 fully saturated rings. The molecular weight excluding hydrogens is 342 g/mol. The molecule has 2 amide bonds. The van der Waals surface area contributed by atoms with Gasteiger partial charge in [-0.1, -0.05) is 19.3 Å². The lowest BCUT2D eigenvalue weighted by atomic mass is 9.78. The maximum atomic E-state index is 13.0. The second-order valence-electron chi connectivity index (χ2n) is 7.55. The number of nitrogens with zero attached hydrogens (tertiary/aromatic N) is 2. The van der Waals surface area contributed by atoms with E-state index in [1.54, 1.807) is 0 Å². The standard InChI is InChI=1S/C18H31N3O3.ClH/c19-14-18(6-12-24-13-7-18)17(23)21-10-8-20(9-11-21)16(22)15-4-2-1-3-5-15;/h15H,1-14,19H2;1H. The summed E-state index contributed by atoms with van der Waals surface area (Å²) in [7, 11) is 0. The van der Waals surface area contributed by atoms with Crippen molar-refractivity contribution in [1.29, 1.82) is 0 Å². The molecule has 0 bridgehead atoms. The molecule has 3 aliphatic rings. The fraction of sp³-hybridized carbons (Fsp3) is 0.889. The highest BCUT2D eigenvalue weighted by Crippen LogP contribution is 2.32. The molecule has 0 aromatic heterocycles.